The number of rotatable bonds is 8. The number of carbonyl (C=O) groups is 3. The van der Waals surface area contributed by atoms with Crippen LogP contribution < -0.4 is 19.1 Å². The minimum absolute atomic E-state index is 0.0897. The van der Waals surface area contributed by atoms with Crippen LogP contribution in [-0.2, 0) is 21.0 Å². The SMILES string of the molecule is COc1ccc(N2C(=O)C(=O)/C(=C(/O)c3ccc(OCc4ccccc4)c(C)c3)C2c2cccc(OC(C)=O)c2)cc1. The molecule has 1 fully saturated rings. The Bertz CT molecular complexity index is 1680. The van der Waals surface area contributed by atoms with Crippen molar-refractivity contribution < 1.29 is 33.7 Å². The average Bonchev–Trinajstić information content (AvgIpc) is 3.26. The van der Waals surface area contributed by atoms with Gasteiger partial charge in [-0.3, -0.25) is 19.3 Å². The maximum absolute atomic E-state index is 13.5. The predicted octanol–water partition coefficient (Wildman–Crippen LogP) is 6.13. The van der Waals surface area contributed by atoms with Gasteiger partial charge < -0.3 is 19.3 Å². The number of hydrogen-bond acceptors (Lipinski definition) is 7. The van der Waals surface area contributed by atoms with Crippen molar-refractivity contribution in [3.05, 3.63) is 125 Å². The van der Waals surface area contributed by atoms with Crippen molar-refractivity contribution >= 4 is 29.1 Å². The number of hydrogen-bond donors (Lipinski definition) is 1. The lowest BCUT2D eigenvalue weighted by molar-refractivity contribution is -0.132. The molecule has 0 saturated carbocycles. The summed E-state index contributed by atoms with van der Waals surface area (Å²) in [7, 11) is 1.53. The fourth-order valence-electron chi connectivity index (χ4n) is 4.92. The first-order valence-corrected chi connectivity index (χ1v) is 13.3. The van der Waals surface area contributed by atoms with Gasteiger partial charge in [0, 0.05) is 18.2 Å². The van der Waals surface area contributed by atoms with E-state index in [1.165, 1.54) is 18.9 Å². The molecule has 1 unspecified atom stereocenters. The molecular formula is C34H29NO7. The number of benzene rings is 4. The van der Waals surface area contributed by atoms with E-state index in [9.17, 15) is 19.5 Å². The monoisotopic (exact) mass is 563 g/mol. The number of aliphatic hydroxyl groups excluding tert-OH is 1. The summed E-state index contributed by atoms with van der Waals surface area (Å²) in [4.78, 5) is 40.0. The molecule has 0 aromatic heterocycles. The molecule has 42 heavy (non-hydrogen) atoms. The Kier molecular flexibility index (Phi) is 8.06. The van der Waals surface area contributed by atoms with E-state index in [2.05, 4.69) is 0 Å². The van der Waals surface area contributed by atoms with Gasteiger partial charge in [-0.15, -0.1) is 0 Å². The molecule has 0 aliphatic carbocycles. The molecule has 5 rings (SSSR count). The van der Waals surface area contributed by atoms with Crippen LogP contribution in [0.5, 0.6) is 17.2 Å². The molecule has 4 aromatic rings. The number of anilines is 1. The van der Waals surface area contributed by atoms with E-state index in [0.29, 0.717) is 34.9 Å². The standard InChI is InChI=1S/C34H29NO7/c1-21-18-25(12-17-29(21)41-20-23-8-5-4-6-9-23)32(37)30-31(24-10-7-11-28(19-24)42-22(2)36)35(34(39)33(30)38)26-13-15-27(40-3)16-14-26/h4-19,31,37H,20H2,1-3H3/b32-30+. The number of aliphatic hydroxyl groups is 1. The van der Waals surface area contributed by atoms with Gasteiger partial charge in [-0.2, -0.15) is 0 Å². The molecule has 1 amide bonds. The van der Waals surface area contributed by atoms with Gasteiger partial charge in [0.2, 0.25) is 0 Å². The van der Waals surface area contributed by atoms with Crippen molar-refractivity contribution in [1.82, 2.24) is 0 Å². The molecule has 1 aliphatic heterocycles. The summed E-state index contributed by atoms with van der Waals surface area (Å²) < 4.78 is 16.5. The molecule has 0 spiro atoms. The van der Waals surface area contributed by atoms with Crippen LogP contribution in [0.15, 0.2) is 103 Å². The van der Waals surface area contributed by atoms with Crippen LogP contribution >= 0.6 is 0 Å². The van der Waals surface area contributed by atoms with Crippen molar-refractivity contribution in [2.45, 2.75) is 26.5 Å². The predicted molar refractivity (Wildman–Crippen MR) is 157 cm³/mol. The number of ether oxygens (including phenoxy) is 3. The highest BCUT2D eigenvalue weighted by atomic mass is 16.5. The van der Waals surface area contributed by atoms with Gasteiger partial charge in [-0.05, 0) is 78.2 Å². The molecule has 8 nitrogen and oxygen atoms in total. The first-order chi connectivity index (χ1) is 20.3. The van der Waals surface area contributed by atoms with E-state index >= 15 is 0 Å². The number of nitrogens with zero attached hydrogens (tertiary/aromatic N) is 1. The Morgan fingerprint density at radius 3 is 2.29 bits per heavy atom. The normalized spacial score (nSPS) is 15.9. The molecule has 1 heterocycles. The average molecular weight is 564 g/mol. The third kappa shape index (κ3) is 5.74. The second-order valence-electron chi connectivity index (χ2n) is 9.79. The molecule has 1 atom stereocenters. The molecule has 0 bridgehead atoms. The summed E-state index contributed by atoms with van der Waals surface area (Å²) >= 11 is 0. The first-order valence-electron chi connectivity index (χ1n) is 13.3. The summed E-state index contributed by atoms with van der Waals surface area (Å²) in [5, 5.41) is 11.6. The van der Waals surface area contributed by atoms with E-state index in [1.54, 1.807) is 66.7 Å². The second kappa shape index (κ2) is 12.0. The first kappa shape index (κ1) is 28.2. The quantitative estimate of drug-likeness (QED) is 0.0904. The number of aryl methyl sites for hydroxylation is 1. The molecule has 1 aliphatic rings. The fraction of sp³-hybridized carbons (Fsp3) is 0.147. The van der Waals surface area contributed by atoms with Crippen molar-refractivity contribution in [2.24, 2.45) is 0 Å². The Morgan fingerprint density at radius 2 is 1.62 bits per heavy atom. The highest BCUT2D eigenvalue weighted by Gasteiger charge is 2.47. The van der Waals surface area contributed by atoms with Crippen LogP contribution in [-0.4, -0.2) is 29.9 Å². The lowest BCUT2D eigenvalue weighted by Gasteiger charge is -2.26. The molecule has 0 radical (unpaired) electrons. The van der Waals surface area contributed by atoms with E-state index < -0.39 is 23.7 Å². The molecule has 8 heteroatoms. The third-order valence-corrected chi connectivity index (χ3v) is 6.92. The smallest absolute Gasteiger partial charge is 0.308 e. The maximum Gasteiger partial charge on any atom is 0.308 e. The number of esters is 1. The minimum Gasteiger partial charge on any atom is -0.507 e. The van der Waals surface area contributed by atoms with Crippen molar-refractivity contribution in [1.29, 1.82) is 0 Å². The van der Waals surface area contributed by atoms with Crippen LogP contribution in [0.1, 0.15) is 35.2 Å². The largest absolute Gasteiger partial charge is 0.507 e. The van der Waals surface area contributed by atoms with Gasteiger partial charge in [-0.25, -0.2) is 0 Å². The Labute approximate surface area is 243 Å². The van der Waals surface area contributed by atoms with Crippen molar-refractivity contribution in [2.75, 3.05) is 12.0 Å². The number of ketones is 1. The zero-order chi connectivity index (χ0) is 29.8. The summed E-state index contributed by atoms with van der Waals surface area (Å²) in [5.74, 6) is -1.03. The third-order valence-electron chi connectivity index (χ3n) is 6.92. The summed E-state index contributed by atoms with van der Waals surface area (Å²) in [5.41, 5.74) is 2.93. The number of methoxy groups -OCH3 is 1. The number of carbonyl (C=O) groups excluding carboxylic acids is 3. The van der Waals surface area contributed by atoms with Crippen LogP contribution in [0.2, 0.25) is 0 Å². The van der Waals surface area contributed by atoms with Gasteiger partial charge in [0.05, 0.1) is 18.7 Å². The van der Waals surface area contributed by atoms with Gasteiger partial charge in [0.15, 0.2) is 0 Å². The zero-order valence-electron chi connectivity index (χ0n) is 23.4. The molecule has 1 saturated heterocycles. The molecule has 212 valence electrons. The van der Waals surface area contributed by atoms with Crippen LogP contribution in [0.3, 0.4) is 0 Å². The summed E-state index contributed by atoms with van der Waals surface area (Å²) in [6, 6.07) is 27.1. The molecular weight excluding hydrogens is 534 g/mol. The van der Waals surface area contributed by atoms with Crippen LogP contribution in [0.4, 0.5) is 5.69 Å². The Morgan fingerprint density at radius 1 is 0.881 bits per heavy atom. The van der Waals surface area contributed by atoms with Crippen LogP contribution in [0, 0.1) is 6.92 Å². The number of Topliss-reactive ketones (excluding diaryl/α,β-unsaturated/α-hetero) is 1. The van der Waals surface area contributed by atoms with Gasteiger partial charge in [0.1, 0.15) is 29.6 Å². The molecule has 1 N–H and O–H groups in total. The zero-order valence-corrected chi connectivity index (χ0v) is 23.4. The molecule has 4 aromatic carbocycles. The highest BCUT2D eigenvalue weighted by molar-refractivity contribution is 6.51. The van der Waals surface area contributed by atoms with Crippen molar-refractivity contribution in [3.8, 4) is 17.2 Å². The lowest BCUT2D eigenvalue weighted by atomic mass is 9.94. The van der Waals surface area contributed by atoms with E-state index in [1.807, 2.05) is 37.3 Å². The van der Waals surface area contributed by atoms with Gasteiger partial charge >= 0.3 is 5.97 Å². The van der Waals surface area contributed by atoms with E-state index in [0.717, 1.165) is 11.1 Å². The lowest BCUT2D eigenvalue weighted by Crippen LogP contribution is -2.29. The Hall–Kier alpha value is -5.37. The van der Waals surface area contributed by atoms with Crippen LogP contribution in [0.25, 0.3) is 5.76 Å². The van der Waals surface area contributed by atoms with Crippen molar-refractivity contribution in [3.63, 3.8) is 0 Å². The summed E-state index contributed by atoms with van der Waals surface area (Å²) in [6.07, 6.45) is 0. The van der Waals surface area contributed by atoms with Gasteiger partial charge in [0.25, 0.3) is 11.7 Å². The van der Waals surface area contributed by atoms with E-state index in [4.69, 9.17) is 14.2 Å². The Balaban J connectivity index is 1.57. The topological polar surface area (TPSA) is 102 Å². The minimum atomic E-state index is -0.997. The van der Waals surface area contributed by atoms with E-state index in [-0.39, 0.29) is 17.1 Å². The maximum atomic E-state index is 13.5. The highest BCUT2D eigenvalue weighted by Crippen LogP contribution is 2.43. The van der Waals surface area contributed by atoms with Gasteiger partial charge in [-0.1, -0.05) is 42.5 Å². The fourth-order valence-corrected chi connectivity index (χ4v) is 4.92. The summed E-state index contributed by atoms with van der Waals surface area (Å²) in [6.45, 7) is 3.50. The second-order valence-corrected chi connectivity index (χ2v) is 9.79. The number of amides is 1.